The van der Waals surface area contributed by atoms with Gasteiger partial charge < -0.3 is 15.3 Å². The molecule has 0 spiro atoms. The molecule has 1 saturated heterocycles. The number of aryl methyl sites for hydroxylation is 2. The second-order valence-corrected chi connectivity index (χ2v) is 7.71. The average Bonchev–Trinajstić information content (AvgIpc) is 2.96. The highest BCUT2D eigenvalue weighted by molar-refractivity contribution is 5.44. The van der Waals surface area contributed by atoms with Gasteiger partial charge >= 0.3 is 0 Å². The highest BCUT2D eigenvalue weighted by atomic mass is 16.3. The Morgan fingerprint density at radius 3 is 2.74 bits per heavy atom. The van der Waals surface area contributed by atoms with Gasteiger partial charge in [-0.3, -0.25) is 0 Å². The zero-order valence-electron chi connectivity index (χ0n) is 13.9. The normalized spacial score (nSPS) is 23.6. The topological polar surface area (TPSA) is 61.3 Å². The molecule has 0 amide bonds. The van der Waals surface area contributed by atoms with Crippen molar-refractivity contribution >= 4 is 5.82 Å². The molecule has 5 nitrogen and oxygen atoms in total. The fourth-order valence-corrected chi connectivity index (χ4v) is 4.24. The van der Waals surface area contributed by atoms with Gasteiger partial charge in [0, 0.05) is 32.1 Å². The van der Waals surface area contributed by atoms with Crippen LogP contribution in [0.2, 0.25) is 0 Å². The van der Waals surface area contributed by atoms with E-state index in [4.69, 9.17) is 0 Å². The van der Waals surface area contributed by atoms with Gasteiger partial charge in [-0.15, -0.1) is 5.10 Å². The summed E-state index contributed by atoms with van der Waals surface area (Å²) in [6, 6.07) is 2.26. The molecule has 0 unspecified atom stereocenters. The van der Waals surface area contributed by atoms with Gasteiger partial charge in [0.25, 0.3) is 0 Å². The predicted molar refractivity (Wildman–Crippen MR) is 90.7 cm³/mol. The van der Waals surface area contributed by atoms with Crippen molar-refractivity contribution in [3.05, 3.63) is 17.3 Å². The molecule has 0 bridgehead atoms. The standard InChI is InChI=1S/C18H28N4O/c23-18(7-3-4-8-18)13-19-10-14-11-22(12-14)17-9-15-5-1-2-6-16(15)20-21-17/h9,14,19,23H,1-8,10-13H2. The molecule has 2 aliphatic carbocycles. The molecule has 1 aromatic heterocycles. The molecule has 1 aromatic rings. The van der Waals surface area contributed by atoms with Crippen LogP contribution >= 0.6 is 0 Å². The number of anilines is 1. The summed E-state index contributed by atoms with van der Waals surface area (Å²) in [6.07, 6.45) is 9.06. The molecule has 4 rings (SSSR count). The smallest absolute Gasteiger partial charge is 0.151 e. The van der Waals surface area contributed by atoms with Crippen molar-refractivity contribution in [3.8, 4) is 0 Å². The Bertz CT molecular complexity index is 550. The average molecular weight is 316 g/mol. The molecule has 1 aliphatic heterocycles. The number of fused-ring (bicyclic) bond motifs is 1. The van der Waals surface area contributed by atoms with E-state index in [0.29, 0.717) is 5.92 Å². The number of nitrogens with one attached hydrogen (secondary N) is 1. The molecule has 5 heteroatoms. The van der Waals surface area contributed by atoms with Crippen molar-refractivity contribution in [1.29, 1.82) is 0 Å². The number of hydrogen-bond acceptors (Lipinski definition) is 5. The van der Waals surface area contributed by atoms with Crippen LogP contribution < -0.4 is 10.2 Å². The van der Waals surface area contributed by atoms with Crippen LogP contribution in [0.5, 0.6) is 0 Å². The highest BCUT2D eigenvalue weighted by Crippen LogP contribution is 2.29. The number of aromatic nitrogens is 2. The Labute approximate surface area is 138 Å². The zero-order chi connectivity index (χ0) is 15.7. The van der Waals surface area contributed by atoms with Crippen LogP contribution in [-0.2, 0) is 12.8 Å². The van der Waals surface area contributed by atoms with Crippen molar-refractivity contribution in [2.24, 2.45) is 5.92 Å². The first-order chi connectivity index (χ1) is 11.2. The summed E-state index contributed by atoms with van der Waals surface area (Å²) in [7, 11) is 0. The lowest BCUT2D eigenvalue weighted by atomic mass is 9.95. The van der Waals surface area contributed by atoms with E-state index in [9.17, 15) is 5.11 Å². The van der Waals surface area contributed by atoms with Gasteiger partial charge in [-0.1, -0.05) is 12.8 Å². The third-order valence-electron chi connectivity index (χ3n) is 5.76. The third-order valence-corrected chi connectivity index (χ3v) is 5.76. The number of hydrogen-bond donors (Lipinski definition) is 2. The SMILES string of the molecule is OC1(CNCC2CN(c3cc4c(nn3)CCCC4)C2)CCCC1. The van der Waals surface area contributed by atoms with E-state index in [0.717, 1.165) is 57.7 Å². The third kappa shape index (κ3) is 3.36. The van der Waals surface area contributed by atoms with E-state index >= 15 is 0 Å². The van der Waals surface area contributed by atoms with Crippen molar-refractivity contribution in [3.63, 3.8) is 0 Å². The summed E-state index contributed by atoms with van der Waals surface area (Å²) in [5, 5.41) is 22.7. The fourth-order valence-electron chi connectivity index (χ4n) is 4.24. The molecule has 2 N–H and O–H groups in total. The molecule has 23 heavy (non-hydrogen) atoms. The largest absolute Gasteiger partial charge is 0.389 e. The molecule has 0 radical (unpaired) electrons. The van der Waals surface area contributed by atoms with Crippen LogP contribution in [0, 0.1) is 5.92 Å². The van der Waals surface area contributed by atoms with E-state index in [-0.39, 0.29) is 0 Å². The molecular formula is C18H28N4O. The minimum atomic E-state index is -0.437. The first-order valence-corrected chi connectivity index (χ1v) is 9.25. The minimum Gasteiger partial charge on any atom is -0.389 e. The maximum Gasteiger partial charge on any atom is 0.151 e. The maximum absolute atomic E-state index is 10.3. The fraction of sp³-hybridized carbons (Fsp3) is 0.778. The molecule has 2 heterocycles. The summed E-state index contributed by atoms with van der Waals surface area (Å²) in [5.41, 5.74) is 2.18. The lowest BCUT2D eigenvalue weighted by Gasteiger charge is -2.40. The molecule has 126 valence electrons. The lowest BCUT2D eigenvalue weighted by Crippen LogP contribution is -2.52. The predicted octanol–water partition coefficient (Wildman–Crippen LogP) is 1.69. The Morgan fingerprint density at radius 2 is 1.91 bits per heavy atom. The van der Waals surface area contributed by atoms with E-state index in [1.165, 1.54) is 36.9 Å². The second-order valence-electron chi connectivity index (χ2n) is 7.71. The monoisotopic (exact) mass is 316 g/mol. The van der Waals surface area contributed by atoms with Gasteiger partial charge in [0.1, 0.15) is 0 Å². The quantitative estimate of drug-likeness (QED) is 0.865. The zero-order valence-corrected chi connectivity index (χ0v) is 13.9. The second kappa shape index (κ2) is 6.36. The Hall–Kier alpha value is -1.20. The Kier molecular flexibility index (Phi) is 4.24. The highest BCUT2D eigenvalue weighted by Gasteiger charge is 2.32. The summed E-state index contributed by atoms with van der Waals surface area (Å²) in [5.74, 6) is 1.72. The van der Waals surface area contributed by atoms with E-state index in [1.54, 1.807) is 0 Å². The van der Waals surface area contributed by atoms with Crippen LogP contribution in [0.1, 0.15) is 49.8 Å². The summed E-state index contributed by atoms with van der Waals surface area (Å²) >= 11 is 0. The maximum atomic E-state index is 10.3. The van der Waals surface area contributed by atoms with Gasteiger partial charge in [0.05, 0.1) is 11.3 Å². The van der Waals surface area contributed by atoms with E-state index in [2.05, 4.69) is 26.5 Å². The number of nitrogens with zero attached hydrogens (tertiary/aromatic N) is 3. The van der Waals surface area contributed by atoms with Gasteiger partial charge in [-0.2, -0.15) is 5.10 Å². The minimum absolute atomic E-state index is 0.437. The summed E-state index contributed by atoms with van der Waals surface area (Å²) in [6.45, 7) is 3.86. The van der Waals surface area contributed by atoms with Crippen molar-refractivity contribution in [2.45, 2.75) is 57.0 Å². The molecule has 2 fully saturated rings. The van der Waals surface area contributed by atoms with Crippen LogP contribution in [0.25, 0.3) is 0 Å². The Balaban J connectivity index is 1.23. The first-order valence-electron chi connectivity index (χ1n) is 9.25. The van der Waals surface area contributed by atoms with Gasteiger partial charge in [0.15, 0.2) is 5.82 Å². The van der Waals surface area contributed by atoms with Crippen LogP contribution in [0.4, 0.5) is 5.82 Å². The first kappa shape index (κ1) is 15.3. The lowest BCUT2D eigenvalue weighted by molar-refractivity contribution is 0.0466. The molecular weight excluding hydrogens is 288 g/mol. The molecule has 3 aliphatic rings. The van der Waals surface area contributed by atoms with Gasteiger partial charge in [0.2, 0.25) is 0 Å². The van der Waals surface area contributed by atoms with Gasteiger partial charge in [-0.05, 0) is 50.2 Å². The summed E-state index contributed by atoms with van der Waals surface area (Å²) in [4.78, 5) is 2.33. The van der Waals surface area contributed by atoms with Crippen molar-refractivity contribution in [1.82, 2.24) is 15.5 Å². The van der Waals surface area contributed by atoms with E-state index in [1.807, 2.05) is 0 Å². The van der Waals surface area contributed by atoms with Crippen molar-refractivity contribution in [2.75, 3.05) is 31.1 Å². The number of rotatable bonds is 5. The molecule has 0 atom stereocenters. The molecule has 0 aromatic carbocycles. The number of aliphatic hydroxyl groups is 1. The van der Waals surface area contributed by atoms with Gasteiger partial charge in [-0.25, -0.2) is 0 Å². The summed E-state index contributed by atoms with van der Waals surface area (Å²) < 4.78 is 0. The van der Waals surface area contributed by atoms with E-state index < -0.39 is 5.60 Å². The van der Waals surface area contributed by atoms with Crippen molar-refractivity contribution < 1.29 is 5.11 Å². The van der Waals surface area contributed by atoms with Crippen LogP contribution in [0.15, 0.2) is 6.07 Å². The van der Waals surface area contributed by atoms with Crippen LogP contribution in [0.3, 0.4) is 0 Å². The Morgan fingerprint density at radius 1 is 1.13 bits per heavy atom. The molecule has 1 saturated carbocycles. The van der Waals surface area contributed by atoms with Crippen LogP contribution in [-0.4, -0.2) is 47.1 Å².